The molecule has 0 bridgehead atoms. The van der Waals surface area contributed by atoms with E-state index in [2.05, 4.69) is 91.9 Å². The number of hydrogen-bond donors (Lipinski definition) is 0. The highest BCUT2D eigenvalue weighted by molar-refractivity contribution is 6.31. The largest absolute Gasteiger partial charge is 0.212 e. The van der Waals surface area contributed by atoms with Crippen molar-refractivity contribution in [2.75, 3.05) is 0 Å². The van der Waals surface area contributed by atoms with Gasteiger partial charge in [0.15, 0.2) is 11.6 Å². The van der Waals surface area contributed by atoms with E-state index in [4.69, 9.17) is 26.6 Å². The van der Waals surface area contributed by atoms with Crippen LogP contribution in [0.1, 0.15) is 18.7 Å². The summed E-state index contributed by atoms with van der Waals surface area (Å²) in [6.45, 7) is 2.19. The molecule has 1 aromatic heterocycles. The van der Waals surface area contributed by atoms with Crippen molar-refractivity contribution in [2.24, 2.45) is 5.92 Å². The number of fused-ring (bicyclic) bond motifs is 3. The Balaban J connectivity index is 1.43. The van der Waals surface area contributed by atoms with Gasteiger partial charge in [-0.3, -0.25) is 0 Å². The fraction of sp³-hybridized carbons (Fsp3) is 0.0833. The third-order valence-electron chi connectivity index (χ3n) is 7.63. The first kappa shape index (κ1) is 24.4. The average Bonchev–Trinajstić information content (AvgIpc) is 3.01. The molecule has 3 nitrogen and oxygen atoms in total. The molecule has 1 heterocycles. The van der Waals surface area contributed by atoms with E-state index in [1.165, 1.54) is 21.5 Å². The number of nitrogens with zero attached hydrogens (tertiary/aromatic N) is 3. The number of aromatic nitrogens is 3. The molecule has 5 aromatic carbocycles. The van der Waals surface area contributed by atoms with E-state index in [9.17, 15) is 0 Å². The topological polar surface area (TPSA) is 38.7 Å². The Labute approximate surface area is 238 Å². The molecule has 192 valence electrons. The summed E-state index contributed by atoms with van der Waals surface area (Å²) in [6, 6.07) is 35.5. The fourth-order valence-corrected chi connectivity index (χ4v) is 5.83. The lowest BCUT2D eigenvalue weighted by molar-refractivity contribution is 0.600. The third-order valence-corrected chi connectivity index (χ3v) is 7.85. The standard InChI is InChI=1S/C36H26ClN3/c1-23-11-5-7-15-29(23)36-39-34(24-12-3-2-4-13-24)38-35(40-36)27-19-26(20-28(37)21-27)33-22-25-14-6-8-16-30(25)31-17-9-10-18-32(31)33/h2-23,29H,1H3. The molecule has 0 aliphatic heterocycles. The monoisotopic (exact) mass is 535 g/mol. The molecule has 0 saturated carbocycles. The van der Waals surface area contributed by atoms with E-state index < -0.39 is 0 Å². The van der Waals surface area contributed by atoms with Crippen LogP contribution in [0.15, 0.2) is 127 Å². The van der Waals surface area contributed by atoms with Crippen molar-refractivity contribution in [2.45, 2.75) is 12.8 Å². The summed E-state index contributed by atoms with van der Waals surface area (Å²) in [5.74, 6) is 2.39. The summed E-state index contributed by atoms with van der Waals surface area (Å²) in [7, 11) is 0. The highest BCUT2D eigenvalue weighted by Gasteiger charge is 2.22. The lowest BCUT2D eigenvalue weighted by atomic mass is 9.89. The van der Waals surface area contributed by atoms with Crippen molar-refractivity contribution in [3.05, 3.63) is 138 Å². The predicted molar refractivity (Wildman–Crippen MR) is 166 cm³/mol. The lowest BCUT2D eigenvalue weighted by Crippen LogP contribution is -2.13. The molecule has 0 spiro atoms. The van der Waals surface area contributed by atoms with Crippen LogP contribution in [0.25, 0.3) is 55.4 Å². The second kappa shape index (κ2) is 10.2. The van der Waals surface area contributed by atoms with E-state index in [-0.39, 0.29) is 11.8 Å². The summed E-state index contributed by atoms with van der Waals surface area (Å²) < 4.78 is 0. The Kier molecular flexibility index (Phi) is 6.22. The molecular weight excluding hydrogens is 510 g/mol. The van der Waals surface area contributed by atoms with Crippen LogP contribution in [0, 0.1) is 5.92 Å². The molecular formula is C36H26ClN3. The van der Waals surface area contributed by atoms with Gasteiger partial charge in [-0.1, -0.05) is 122 Å². The van der Waals surface area contributed by atoms with Crippen LogP contribution < -0.4 is 0 Å². The van der Waals surface area contributed by atoms with Crippen molar-refractivity contribution < 1.29 is 0 Å². The molecule has 40 heavy (non-hydrogen) atoms. The van der Waals surface area contributed by atoms with Crippen LogP contribution in [0.3, 0.4) is 0 Å². The highest BCUT2D eigenvalue weighted by atomic mass is 35.5. The van der Waals surface area contributed by atoms with Gasteiger partial charge in [-0.05, 0) is 62.9 Å². The van der Waals surface area contributed by atoms with Crippen molar-refractivity contribution >= 4 is 33.1 Å². The second-order valence-electron chi connectivity index (χ2n) is 10.3. The first-order valence-corrected chi connectivity index (χ1v) is 13.9. The molecule has 1 aliphatic rings. The lowest BCUT2D eigenvalue weighted by Gasteiger charge is -2.20. The Morgan fingerprint density at radius 3 is 2.02 bits per heavy atom. The van der Waals surface area contributed by atoms with Gasteiger partial charge in [0.25, 0.3) is 0 Å². The van der Waals surface area contributed by atoms with Gasteiger partial charge in [-0.25, -0.2) is 15.0 Å². The Bertz CT molecular complexity index is 1940. The fourth-order valence-electron chi connectivity index (χ4n) is 5.59. The van der Waals surface area contributed by atoms with E-state index in [0.717, 1.165) is 28.1 Å². The molecule has 2 atom stereocenters. The van der Waals surface area contributed by atoms with E-state index >= 15 is 0 Å². The van der Waals surface area contributed by atoms with Crippen LogP contribution >= 0.6 is 11.6 Å². The van der Waals surface area contributed by atoms with Crippen molar-refractivity contribution in [1.82, 2.24) is 15.0 Å². The average molecular weight is 536 g/mol. The smallest absolute Gasteiger partial charge is 0.163 e. The van der Waals surface area contributed by atoms with Gasteiger partial charge in [0.2, 0.25) is 0 Å². The van der Waals surface area contributed by atoms with E-state index in [1.54, 1.807) is 0 Å². The zero-order valence-electron chi connectivity index (χ0n) is 22.0. The van der Waals surface area contributed by atoms with Crippen molar-refractivity contribution in [3.63, 3.8) is 0 Å². The number of allylic oxidation sites excluding steroid dienone is 4. The maximum atomic E-state index is 6.80. The number of halogens is 1. The minimum Gasteiger partial charge on any atom is -0.212 e. The molecule has 0 fully saturated rings. The van der Waals surface area contributed by atoms with Gasteiger partial charge in [-0.15, -0.1) is 0 Å². The molecule has 0 saturated heterocycles. The predicted octanol–water partition coefficient (Wildman–Crippen LogP) is 9.68. The molecule has 7 rings (SSSR count). The molecule has 0 amide bonds. The maximum absolute atomic E-state index is 6.80. The van der Waals surface area contributed by atoms with Crippen molar-refractivity contribution in [3.8, 4) is 33.9 Å². The summed E-state index contributed by atoms with van der Waals surface area (Å²) in [5, 5.41) is 5.47. The molecule has 2 unspecified atom stereocenters. The van der Waals surface area contributed by atoms with Crippen LogP contribution in [0.4, 0.5) is 0 Å². The summed E-state index contributed by atoms with van der Waals surface area (Å²) >= 11 is 6.80. The summed E-state index contributed by atoms with van der Waals surface area (Å²) in [4.78, 5) is 14.9. The SMILES string of the molecule is CC1C=CC=CC1c1nc(-c2ccccc2)nc(-c2cc(Cl)cc(-c3cc4ccccc4c4ccccc34)c2)n1. The Morgan fingerprint density at radius 1 is 0.575 bits per heavy atom. The molecule has 4 heteroatoms. The summed E-state index contributed by atoms with van der Waals surface area (Å²) in [6.07, 6.45) is 8.51. The van der Waals surface area contributed by atoms with Crippen LogP contribution in [-0.2, 0) is 0 Å². The maximum Gasteiger partial charge on any atom is 0.163 e. The molecule has 0 N–H and O–H groups in total. The normalized spacial score (nSPS) is 16.6. The number of benzene rings is 5. The van der Waals surface area contributed by atoms with E-state index in [1.807, 2.05) is 42.5 Å². The van der Waals surface area contributed by atoms with Crippen LogP contribution in [-0.4, -0.2) is 15.0 Å². The van der Waals surface area contributed by atoms with Gasteiger partial charge >= 0.3 is 0 Å². The Hall–Kier alpha value is -4.60. The Morgan fingerprint density at radius 2 is 1.23 bits per heavy atom. The second-order valence-corrected chi connectivity index (χ2v) is 10.7. The number of rotatable bonds is 4. The van der Waals surface area contributed by atoms with Gasteiger partial charge in [0.1, 0.15) is 5.82 Å². The quantitative estimate of drug-likeness (QED) is 0.211. The zero-order valence-corrected chi connectivity index (χ0v) is 22.8. The molecule has 0 radical (unpaired) electrons. The van der Waals surface area contributed by atoms with Crippen LogP contribution in [0.2, 0.25) is 5.02 Å². The van der Waals surface area contributed by atoms with Gasteiger partial charge < -0.3 is 0 Å². The number of hydrogen-bond acceptors (Lipinski definition) is 3. The third kappa shape index (κ3) is 4.49. The summed E-state index contributed by atoms with van der Waals surface area (Å²) in [5.41, 5.74) is 3.98. The zero-order chi connectivity index (χ0) is 27.1. The van der Waals surface area contributed by atoms with Crippen LogP contribution in [0.5, 0.6) is 0 Å². The van der Waals surface area contributed by atoms with Gasteiger partial charge in [-0.2, -0.15) is 0 Å². The van der Waals surface area contributed by atoms with Crippen molar-refractivity contribution in [1.29, 1.82) is 0 Å². The minimum atomic E-state index is 0.0669. The van der Waals surface area contributed by atoms with E-state index in [0.29, 0.717) is 16.7 Å². The first-order valence-electron chi connectivity index (χ1n) is 13.5. The minimum absolute atomic E-state index is 0.0669. The highest BCUT2D eigenvalue weighted by Crippen LogP contribution is 2.38. The first-order chi connectivity index (χ1) is 19.6. The van der Waals surface area contributed by atoms with Gasteiger partial charge in [0, 0.05) is 22.1 Å². The molecule has 1 aliphatic carbocycles. The van der Waals surface area contributed by atoms with Gasteiger partial charge in [0.05, 0.1) is 0 Å². The molecule has 6 aromatic rings.